The summed E-state index contributed by atoms with van der Waals surface area (Å²) in [6.07, 6.45) is 7.55. The fourth-order valence-electron chi connectivity index (χ4n) is 4.49. The molecule has 0 heterocycles. The molecule has 0 radical (unpaired) electrons. The van der Waals surface area contributed by atoms with Gasteiger partial charge in [0.05, 0.1) is 6.61 Å². The highest BCUT2D eigenvalue weighted by Crippen LogP contribution is 2.59. The number of aliphatic hydroxyl groups is 1. The van der Waals surface area contributed by atoms with E-state index in [0.717, 1.165) is 5.92 Å². The number of hydrogen-bond acceptors (Lipinski definition) is 1. The Labute approximate surface area is 99.9 Å². The first-order valence-corrected chi connectivity index (χ1v) is 6.69. The summed E-state index contributed by atoms with van der Waals surface area (Å²) in [4.78, 5) is 0. The summed E-state index contributed by atoms with van der Waals surface area (Å²) >= 11 is 0. The molecule has 0 saturated heterocycles. The van der Waals surface area contributed by atoms with Crippen LogP contribution in [0.3, 0.4) is 0 Å². The fraction of sp³-hybridized carbons (Fsp3) is 0.867. The quantitative estimate of drug-likeness (QED) is 0.669. The minimum atomic E-state index is 0.325. The lowest BCUT2D eigenvalue weighted by molar-refractivity contribution is -0.0509. The number of aliphatic hydroxyl groups excluding tert-OH is 1. The van der Waals surface area contributed by atoms with E-state index >= 15 is 0 Å². The summed E-state index contributed by atoms with van der Waals surface area (Å²) < 4.78 is 0. The molecule has 16 heavy (non-hydrogen) atoms. The minimum Gasteiger partial charge on any atom is -0.396 e. The molecule has 1 heteroatoms. The fourth-order valence-corrected chi connectivity index (χ4v) is 4.49. The largest absolute Gasteiger partial charge is 0.396 e. The molecule has 0 unspecified atom stereocenters. The Morgan fingerprint density at radius 1 is 1.31 bits per heavy atom. The molecule has 0 amide bonds. The van der Waals surface area contributed by atoms with E-state index in [2.05, 4.69) is 33.8 Å². The van der Waals surface area contributed by atoms with Crippen LogP contribution in [0.4, 0.5) is 0 Å². The second-order valence-electron chi connectivity index (χ2n) is 6.82. The molecule has 1 nitrogen and oxygen atoms in total. The molecule has 1 fully saturated rings. The number of fused-ring (bicyclic) bond motifs is 1. The minimum absolute atomic E-state index is 0.325. The van der Waals surface area contributed by atoms with E-state index in [1.54, 1.807) is 0 Å². The van der Waals surface area contributed by atoms with E-state index in [1.807, 2.05) is 0 Å². The first-order valence-electron chi connectivity index (χ1n) is 6.69. The lowest BCUT2D eigenvalue weighted by Gasteiger charge is -2.56. The molecule has 0 spiro atoms. The van der Waals surface area contributed by atoms with Crippen molar-refractivity contribution < 1.29 is 5.11 Å². The molecule has 0 aromatic heterocycles. The summed E-state index contributed by atoms with van der Waals surface area (Å²) in [5.74, 6) is 1.14. The van der Waals surface area contributed by atoms with Crippen LogP contribution in [0.25, 0.3) is 0 Å². The van der Waals surface area contributed by atoms with Crippen LogP contribution in [0.1, 0.15) is 53.4 Å². The lowest BCUT2D eigenvalue weighted by Crippen LogP contribution is -2.49. The molecule has 2 aliphatic rings. The molecule has 0 aromatic rings. The van der Waals surface area contributed by atoms with Crippen LogP contribution in [0.15, 0.2) is 11.6 Å². The summed E-state index contributed by atoms with van der Waals surface area (Å²) in [7, 11) is 0. The van der Waals surface area contributed by atoms with Gasteiger partial charge in [0.15, 0.2) is 0 Å². The molecule has 0 bridgehead atoms. The summed E-state index contributed by atoms with van der Waals surface area (Å²) in [5.41, 5.74) is 2.19. The SMILES string of the molecule is CC1=CC[C@H]2C(C)(C)CCC[C@]2(C)[C@H]1CO. The Morgan fingerprint density at radius 2 is 2.00 bits per heavy atom. The van der Waals surface area contributed by atoms with Crippen LogP contribution in [0, 0.1) is 22.7 Å². The normalized spacial score (nSPS) is 42.4. The van der Waals surface area contributed by atoms with Crippen LogP contribution in [0.2, 0.25) is 0 Å². The highest BCUT2D eigenvalue weighted by atomic mass is 16.3. The molecule has 1 N–H and O–H groups in total. The zero-order chi connectivity index (χ0) is 12.0. The van der Waals surface area contributed by atoms with Gasteiger partial charge in [0.1, 0.15) is 0 Å². The van der Waals surface area contributed by atoms with Crippen LogP contribution < -0.4 is 0 Å². The molecular weight excluding hydrogens is 196 g/mol. The summed E-state index contributed by atoms with van der Waals surface area (Å²) in [6, 6.07) is 0. The standard InChI is InChI=1S/C15H26O/c1-11-6-7-13-14(2,3)8-5-9-15(13,4)12(11)10-16/h6,12-13,16H,5,7-10H2,1-4H3/t12-,13-,15+/m0/s1. The van der Waals surface area contributed by atoms with Gasteiger partial charge in [0.2, 0.25) is 0 Å². The predicted molar refractivity (Wildman–Crippen MR) is 68.2 cm³/mol. The van der Waals surface area contributed by atoms with E-state index in [9.17, 15) is 5.11 Å². The van der Waals surface area contributed by atoms with Gasteiger partial charge in [-0.15, -0.1) is 0 Å². The van der Waals surface area contributed by atoms with Crippen molar-refractivity contribution in [1.82, 2.24) is 0 Å². The third-order valence-corrected chi connectivity index (χ3v) is 5.48. The Bertz CT molecular complexity index is 303. The van der Waals surface area contributed by atoms with Crippen molar-refractivity contribution in [2.45, 2.75) is 53.4 Å². The van der Waals surface area contributed by atoms with Crippen molar-refractivity contribution >= 4 is 0 Å². The van der Waals surface area contributed by atoms with Crippen molar-refractivity contribution in [1.29, 1.82) is 0 Å². The molecule has 1 saturated carbocycles. The van der Waals surface area contributed by atoms with Crippen molar-refractivity contribution in [2.75, 3.05) is 6.61 Å². The van der Waals surface area contributed by atoms with E-state index in [-0.39, 0.29) is 0 Å². The molecule has 3 atom stereocenters. The van der Waals surface area contributed by atoms with Gasteiger partial charge < -0.3 is 5.11 Å². The maximum absolute atomic E-state index is 9.69. The van der Waals surface area contributed by atoms with Gasteiger partial charge in [-0.05, 0) is 42.9 Å². The summed E-state index contributed by atoms with van der Waals surface area (Å²) in [6.45, 7) is 9.77. The van der Waals surface area contributed by atoms with Crippen molar-refractivity contribution in [2.24, 2.45) is 22.7 Å². The van der Waals surface area contributed by atoms with Gasteiger partial charge in [-0.3, -0.25) is 0 Å². The molecule has 0 aliphatic heterocycles. The zero-order valence-corrected chi connectivity index (χ0v) is 11.2. The maximum Gasteiger partial charge on any atom is 0.0501 e. The van der Waals surface area contributed by atoms with Crippen LogP contribution in [-0.4, -0.2) is 11.7 Å². The Morgan fingerprint density at radius 3 is 2.62 bits per heavy atom. The van der Waals surface area contributed by atoms with Crippen LogP contribution >= 0.6 is 0 Å². The van der Waals surface area contributed by atoms with Gasteiger partial charge in [-0.2, -0.15) is 0 Å². The smallest absolute Gasteiger partial charge is 0.0501 e. The number of hydrogen-bond donors (Lipinski definition) is 1. The molecule has 2 aliphatic carbocycles. The van der Waals surface area contributed by atoms with Gasteiger partial charge in [0.25, 0.3) is 0 Å². The predicted octanol–water partition coefficient (Wildman–Crippen LogP) is 3.78. The van der Waals surface area contributed by atoms with Gasteiger partial charge in [-0.1, -0.05) is 38.8 Å². The first kappa shape index (κ1) is 12.2. The van der Waals surface area contributed by atoms with Crippen molar-refractivity contribution in [3.05, 3.63) is 11.6 Å². The Balaban J connectivity index is 2.39. The second-order valence-corrected chi connectivity index (χ2v) is 6.82. The molecular formula is C15H26O. The van der Waals surface area contributed by atoms with Crippen molar-refractivity contribution in [3.8, 4) is 0 Å². The highest BCUT2D eigenvalue weighted by molar-refractivity contribution is 5.18. The van der Waals surface area contributed by atoms with E-state index in [4.69, 9.17) is 0 Å². The van der Waals surface area contributed by atoms with Crippen molar-refractivity contribution in [3.63, 3.8) is 0 Å². The van der Waals surface area contributed by atoms with Gasteiger partial charge >= 0.3 is 0 Å². The molecule has 92 valence electrons. The van der Waals surface area contributed by atoms with Crippen LogP contribution in [-0.2, 0) is 0 Å². The second kappa shape index (κ2) is 3.87. The summed E-state index contributed by atoms with van der Waals surface area (Å²) in [5, 5.41) is 9.69. The molecule has 0 aromatic carbocycles. The van der Waals surface area contributed by atoms with Gasteiger partial charge in [0, 0.05) is 5.92 Å². The third kappa shape index (κ3) is 1.64. The lowest BCUT2D eigenvalue weighted by atomic mass is 9.49. The third-order valence-electron chi connectivity index (χ3n) is 5.48. The zero-order valence-electron chi connectivity index (χ0n) is 11.2. The highest BCUT2D eigenvalue weighted by Gasteiger charge is 2.51. The maximum atomic E-state index is 9.69. The first-order chi connectivity index (χ1) is 7.42. The van der Waals surface area contributed by atoms with Crippen LogP contribution in [0.5, 0.6) is 0 Å². The number of rotatable bonds is 1. The molecule has 2 rings (SSSR count). The average Bonchev–Trinajstić information content (AvgIpc) is 2.15. The van der Waals surface area contributed by atoms with E-state index in [0.29, 0.717) is 23.4 Å². The monoisotopic (exact) mass is 222 g/mol. The topological polar surface area (TPSA) is 20.2 Å². The Kier molecular flexibility index (Phi) is 2.94. The Hall–Kier alpha value is -0.300. The van der Waals surface area contributed by atoms with Gasteiger partial charge in [-0.25, -0.2) is 0 Å². The average molecular weight is 222 g/mol. The van der Waals surface area contributed by atoms with E-state index in [1.165, 1.54) is 31.3 Å². The number of allylic oxidation sites excluding steroid dienone is 1. The van der Waals surface area contributed by atoms with E-state index < -0.39 is 0 Å².